The third-order valence-electron chi connectivity index (χ3n) is 3.53. The van der Waals surface area contributed by atoms with Gasteiger partial charge in [0.1, 0.15) is 5.82 Å². The molecule has 8 heteroatoms. The summed E-state index contributed by atoms with van der Waals surface area (Å²) in [4.78, 5) is 12.5. The van der Waals surface area contributed by atoms with Gasteiger partial charge in [-0.05, 0) is 23.4 Å². The van der Waals surface area contributed by atoms with Crippen LogP contribution in [0.5, 0.6) is 0 Å². The summed E-state index contributed by atoms with van der Waals surface area (Å²) in [5.41, 5.74) is 4.58. The fourth-order valence-electron chi connectivity index (χ4n) is 2.55. The molecule has 0 aromatic carbocycles. The number of nitrogens with zero attached hydrogens (tertiary/aromatic N) is 4. The smallest absolute Gasteiger partial charge is 0.241 e. The molecule has 3 aromatic rings. The number of nitrogen functional groups attached to an aromatic ring is 1. The number of hydrazine groups is 1. The average molecular weight is 287 g/mol. The lowest BCUT2D eigenvalue weighted by molar-refractivity contribution is 0.735. The van der Waals surface area contributed by atoms with Crippen LogP contribution in [0.2, 0.25) is 0 Å². The molecule has 0 unspecified atom stereocenters. The van der Waals surface area contributed by atoms with Crippen molar-refractivity contribution in [3.8, 4) is 0 Å². The Bertz CT molecular complexity index is 762. The first-order valence-corrected chi connectivity index (χ1v) is 7.21. The van der Waals surface area contributed by atoms with Crippen molar-refractivity contribution < 1.29 is 0 Å². The van der Waals surface area contributed by atoms with E-state index in [1.54, 1.807) is 6.20 Å². The summed E-state index contributed by atoms with van der Waals surface area (Å²) in [7, 11) is 0. The summed E-state index contributed by atoms with van der Waals surface area (Å²) in [6.07, 6.45) is 2.80. The second-order valence-corrected chi connectivity index (χ2v) is 5.69. The Morgan fingerprint density at radius 2 is 2.35 bits per heavy atom. The Hall–Kier alpha value is -2.19. The molecule has 3 aromatic heterocycles. The summed E-state index contributed by atoms with van der Waals surface area (Å²) < 4.78 is 0. The van der Waals surface area contributed by atoms with Gasteiger partial charge in [-0.25, -0.2) is 5.84 Å². The monoisotopic (exact) mass is 287 g/mol. The molecule has 0 spiro atoms. The van der Waals surface area contributed by atoms with Gasteiger partial charge in [0.05, 0.1) is 11.6 Å². The van der Waals surface area contributed by atoms with Gasteiger partial charge in [-0.15, -0.1) is 11.3 Å². The van der Waals surface area contributed by atoms with Crippen molar-refractivity contribution in [2.45, 2.75) is 13.0 Å². The van der Waals surface area contributed by atoms with Crippen molar-refractivity contribution in [3.63, 3.8) is 0 Å². The van der Waals surface area contributed by atoms with Crippen molar-refractivity contribution in [2.24, 2.45) is 5.84 Å². The van der Waals surface area contributed by atoms with Crippen LogP contribution in [0.3, 0.4) is 0 Å². The van der Waals surface area contributed by atoms with Crippen LogP contribution in [0.4, 0.5) is 11.8 Å². The van der Waals surface area contributed by atoms with E-state index >= 15 is 0 Å². The molecule has 1 aliphatic rings. The van der Waals surface area contributed by atoms with Gasteiger partial charge in [-0.1, -0.05) is 0 Å². The number of nitrogens with two attached hydrogens (primary N) is 1. The Labute approximate surface area is 118 Å². The minimum atomic E-state index is 0.396. The molecule has 4 rings (SSSR count). The van der Waals surface area contributed by atoms with Crippen LogP contribution in [0.15, 0.2) is 17.6 Å². The average Bonchev–Trinajstić information content (AvgIpc) is 3.13. The summed E-state index contributed by atoms with van der Waals surface area (Å²) >= 11 is 1.83. The predicted octanol–water partition coefficient (Wildman–Crippen LogP) is 1.26. The molecule has 0 radical (unpaired) electrons. The fourth-order valence-corrected chi connectivity index (χ4v) is 3.44. The normalized spacial score (nSPS) is 14.6. The molecule has 20 heavy (non-hydrogen) atoms. The second-order valence-electron chi connectivity index (χ2n) is 4.69. The van der Waals surface area contributed by atoms with Gasteiger partial charge in [-0.2, -0.15) is 15.1 Å². The maximum absolute atomic E-state index is 5.44. The first kappa shape index (κ1) is 11.6. The maximum atomic E-state index is 5.44. The highest BCUT2D eigenvalue weighted by atomic mass is 32.1. The van der Waals surface area contributed by atoms with E-state index in [1.807, 2.05) is 11.3 Å². The van der Waals surface area contributed by atoms with Crippen LogP contribution in [0, 0.1) is 0 Å². The molecule has 102 valence electrons. The van der Waals surface area contributed by atoms with E-state index < -0.39 is 0 Å². The summed E-state index contributed by atoms with van der Waals surface area (Å²) in [5, 5.41) is 9.98. The first-order chi connectivity index (χ1) is 9.85. The number of aromatic amines is 1. The number of hydrogen-bond donors (Lipinski definition) is 3. The Balaban J connectivity index is 1.80. The van der Waals surface area contributed by atoms with Crippen LogP contribution in [-0.4, -0.2) is 26.7 Å². The SMILES string of the molecule is NNc1nc(N2CCc3sccc3C2)c2cn[nH]c2n1. The lowest BCUT2D eigenvalue weighted by Crippen LogP contribution is -2.30. The van der Waals surface area contributed by atoms with E-state index in [0.717, 1.165) is 30.7 Å². The highest BCUT2D eigenvalue weighted by Gasteiger charge is 2.21. The number of rotatable bonds is 2. The van der Waals surface area contributed by atoms with Gasteiger partial charge in [0.15, 0.2) is 5.65 Å². The van der Waals surface area contributed by atoms with Crippen LogP contribution >= 0.6 is 11.3 Å². The van der Waals surface area contributed by atoms with Crippen LogP contribution in [-0.2, 0) is 13.0 Å². The molecule has 0 atom stereocenters. The van der Waals surface area contributed by atoms with E-state index in [4.69, 9.17) is 5.84 Å². The van der Waals surface area contributed by atoms with Crippen molar-refractivity contribution in [2.75, 3.05) is 16.9 Å². The van der Waals surface area contributed by atoms with E-state index in [0.29, 0.717) is 11.6 Å². The number of thiophene rings is 1. The maximum Gasteiger partial charge on any atom is 0.241 e. The summed E-state index contributed by atoms with van der Waals surface area (Å²) in [6, 6.07) is 2.18. The van der Waals surface area contributed by atoms with Crippen molar-refractivity contribution in [3.05, 3.63) is 28.1 Å². The lowest BCUT2D eigenvalue weighted by Gasteiger charge is -2.28. The van der Waals surface area contributed by atoms with Crippen molar-refractivity contribution in [1.82, 2.24) is 20.2 Å². The number of anilines is 2. The molecule has 0 amide bonds. The van der Waals surface area contributed by atoms with Crippen molar-refractivity contribution >= 4 is 34.1 Å². The third kappa shape index (κ3) is 1.73. The Morgan fingerprint density at radius 1 is 1.40 bits per heavy atom. The molecule has 7 nitrogen and oxygen atoms in total. The molecule has 1 aliphatic heterocycles. The molecular weight excluding hydrogens is 274 g/mol. The van der Waals surface area contributed by atoms with Gasteiger partial charge >= 0.3 is 0 Å². The number of fused-ring (bicyclic) bond motifs is 2. The lowest BCUT2D eigenvalue weighted by atomic mass is 10.1. The molecule has 4 N–H and O–H groups in total. The van der Waals surface area contributed by atoms with E-state index in [1.165, 1.54) is 10.4 Å². The molecule has 0 fully saturated rings. The first-order valence-electron chi connectivity index (χ1n) is 6.33. The van der Waals surface area contributed by atoms with Crippen LogP contribution < -0.4 is 16.2 Å². The standard InChI is InChI=1S/C12H13N7S/c13-17-12-15-10-8(5-14-18-10)11(16-12)19-3-1-9-7(6-19)2-4-20-9/h2,4-5H,1,3,6,13H2,(H2,14,15,16,17,18). The predicted molar refractivity (Wildman–Crippen MR) is 78.6 cm³/mol. The fraction of sp³-hybridized carbons (Fsp3) is 0.250. The van der Waals surface area contributed by atoms with Gasteiger partial charge in [0, 0.05) is 18.0 Å². The topological polar surface area (TPSA) is 95.7 Å². The zero-order valence-electron chi connectivity index (χ0n) is 10.6. The minimum absolute atomic E-state index is 0.396. The van der Waals surface area contributed by atoms with Gasteiger partial charge in [-0.3, -0.25) is 10.5 Å². The van der Waals surface area contributed by atoms with E-state index in [-0.39, 0.29) is 0 Å². The van der Waals surface area contributed by atoms with Crippen LogP contribution in [0.25, 0.3) is 11.0 Å². The minimum Gasteiger partial charge on any atom is -0.351 e. The quantitative estimate of drug-likeness (QED) is 0.485. The van der Waals surface area contributed by atoms with Gasteiger partial charge in [0.25, 0.3) is 0 Å². The van der Waals surface area contributed by atoms with Crippen molar-refractivity contribution in [1.29, 1.82) is 0 Å². The molecular formula is C12H13N7S. The molecule has 4 heterocycles. The molecule has 0 aliphatic carbocycles. The zero-order chi connectivity index (χ0) is 13.5. The molecule has 0 saturated carbocycles. The van der Waals surface area contributed by atoms with Gasteiger partial charge in [0.2, 0.25) is 5.95 Å². The number of nitrogens with one attached hydrogen (secondary N) is 2. The Kier molecular flexibility index (Phi) is 2.57. The zero-order valence-corrected chi connectivity index (χ0v) is 11.4. The Morgan fingerprint density at radius 3 is 3.25 bits per heavy atom. The van der Waals surface area contributed by atoms with Gasteiger partial charge < -0.3 is 4.90 Å². The number of H-pyrrole nitrogens is 1. The highest BCUT2D eigenvalue weighted by molar-refractivity contribution is 7.10. The highest BCUT2D eigenvalue weighted by Crippen LogP contribution is 2.30. The molecule has 0 bridgehead atoms. The second kappa shape index (κ2) is 4.43. The summed E-state index contributed by atoms with van der Waals surface area (Å²) in [5.74, 6) is 6.71. The molecule has 0 saturated heterocycles. The largest absolute Gasteiger partial charge is 0.351 e. The van der Waals surface area contributed by atoms with E-state index in [9.17, 15) is 0 Å². The summed E-state index contributed by atoms with van der Waals surface area (Å²) in [6.45, 7) is 1.80. The third-order valence-corrected chi connectivity index (χ3v) is 4.55. The van der Waals surface area contributed by atoms with Crippen LogP contribution in [0.1, 0.15) is 10.4 Å². The number of hydrogen-bond acceptors (Lipinski definition) is 7. The number of aromatic nitrogens is 4. The van der Waals surface area contributed by atoms with E-state index in [2.05, 4.69) is 41.9 Å².